The van der Waals surface area contributed by atoms with E-state index in [9.17, 15) is 32.5 Å². The number of carbonyl (C=O) groups excluding carboxylic acids is 2. The average molecular weight is 539 g/mol. The lowest BCUT2D eigenvalue weighted by atomic mass is 10.1. The van der Waals surface area contributed by atoms with Crippen molar-refractivity contribution in [1.29, 1.82) is 0 Å². The summed E-state index contributed by atoms with van der Waals surface area (Å²) in [6, 6.07) is 7.76. The van der Waals surface area contributed by atoms with E-state index in [1.54, 1.807) is 13.0 Å². The predicted octanol–water partition coefficient (Wildman–Crippen LogP) is 2.84. The Labute approximate surface area is 215 Å². The van der Waals surface area contributed by atoms with Crippen molar-refractivity contribution in [3.05, 3.63) is 64.0 Å². The van der Waals surface area contributed by atoms with Crippen LogP contribution in [-0.4, -0.2) is 62.0 Å². The van der Waals surface area contributed by atoms with Gasteiger partial charge in [0.05, 0.1) is 18.3 Å². The molecule has 0 fully saturated rings. The minimum absolute atomic E-state index is 0.0213. The molecule has 0 radical (unpaired) electrons. The van der Waals surface area contributed by atoms with E-state index < -0.39 is 50.9 Å². The fourth-order valence-electron chi connectivity index (χ4n) is 3.44. The maximum atomic E-state index is 14.5. The van der Waals surface area contributed by atoms with Crippen LogP contribution in [0.5, 0.6) is 5.75 Å². The van der Waals surface area contributed by atoms with Crippen LogP contribution in [0.25, 0.3) is 0 Å². The van der Waals surface area contributed by atoms with Crippen LogP contribution in [0.4, 0.5) is 15.8 Å². The highest BCUT2D eigenvalue weighted by Gasteiger charge is 2.32. The first kappa shape index (κ1) is 29.5. The molecule has 0 saturated heterocycles. The molecule has 1 N–H and O–H groups in total. The molecule has 0 heterocycles. The van der Waals surface area contributed by atoms with Crippen molar-refractivity contribution in [2.24, 2.45) is 0 Å². The molecule has 2 rings (SSSR count). The molecule has 0 aliphatic heterocycles. The lowest BCUT2D eigenvalue weighted by Gasteiger charge is -2.32. The second-order valence-corrected chi connectivity index (χ2v) is 10.4. The van der Waals surface area contributed by atoms with E-state index >= 15 is 0 Å². The van der Waals surface area contributed by atoms with Gasteiger partial charge in [-0.25, -0.2) is 12.8 Å². The topological polar surface area (TPSA) is 139 Å². The fourth-order valence-corrected chi connectivity index (χ4v) is 4.28. The van der Waals surface area contributed by atoms with Gasteiger partial charge in [-0.1, -0.05) is 25.1 Å². The Bertz CT molecular complexity index is 1260. The highest BCUT2D eigenvalue weighted by Crippen LogP contribution is 2.34. The van der Waals surface area contributed by atoms with E-state index in [1.165, 1.54) is 38.3 Å². The number of sulfonamides is 1. The largest absolute Gasteiger partial charge is 0.495 e. The molecule has 0 aliphatic rings. The molecule has 0 saturated carbocycles. The average Bonchev–Trinajstić information content (AvgIpc) is 2.84. The Morgan fingerprint density at radius 3 is 2.38 bits per heavy atom. The Hall–Kier alpha value is -3.74. The molecule has 13 heteroatoms. The zero-order chi connectivity index (χ0) is 27.9. The molecule has 0 aromatic heterocycles. The van der Waals surface area contributed by atoms with Crippen LogP contribution in [0.3, 0.4) is 0 Å². The molecule has 0 bridgehead atoms. The Balaban J connectivity index is 2.53. The maximum absolute atomic E-state index is 14.5. The van der Waals surface area contributed by atoms with Crippen LogP contribution in [0.15, 0.2) is 42.5 Å². The third-order valence-corrected chi connectivity index (χ3v) is 6.91. The number of rotatable bonds is 12. The number of nitrogens with zero attached hydrogens (tertiary/aromatic N) is 3. The molecule has 37 heavy (non-hydrogen) atoms. The summed E-state index contributed by atoms with van der Waals surface area (Å²) in [6.45, 7) is 3.98. The van der Waals surface area contributed by atoms with Crippen molar-refractivity contribution in [3.63, 3.8) is 0 Å². The first-order valence-corrected chi connectivity index (χ1v) is 13.3. The Kier molecular flexibility index (Phi) is 9.95. The number of non-ortho nitro benzene ring substituents is 1. The number of hydrogen-bond acceptors (Lipinski definition) is 7. The van der Waals surface area contributed by atoms with Crippen LogP contribution in [-0.2, 0) is 26.2 Å². The molecule has 2 aromatic rings. The van der Waals surface area contributed by atoms with Gasteiger partial charge in [0, 0.05) is 30.3 Å². The van der Waals surface area contributed by atoms with Crippen LogP contribution >= 0.6 is 0 Å². The summed E-state index contributed by atoms with van der Waals surface area (Å²) in [7, 11) is -2.91. The van der Waals surface area contributed by atoms with Gasteiger partial charge in [0.25, 0.3) is 5.69 Å². The van der Waals surface area contributed by atoms with Crippen molar-refractivity contribution in [1.82, 2.24) is 10.2 Å². The number of hydrogen-bond donors (Lipinski definition) is 1. The molecular formula is C24H31FN4O7S. The molecule has 11 nitrogen and oxygen atoms in total. The van der Waals surface area contributed by atoms with Gasteiger partial charge in [0.15, 0.2) is 0 Å². The monoisotopic (exact) mass is 538 g/mol. The minimum Gasteiger partial charge on any atom is -0.495 e. The zero-order valence-electron chi connectivity index (χ0n) is 21.3. The van der Waals surface area contributed by atoms with Crippen molar-refractivity contribution in [2.75, 3.05) is 24.2 Å². The molecular weight excluding hydrogens is 507 g/mol. The van der Waals surface area contributed by atoms with Gasteiger partial charge in [-0.2, -0.15) is 0 Å². The molecule has 0 spiro atoms. The third-order valence-electron chi connectivity index (χ3n) is 5.79. The number of amides is 2. The van der Waals surface area contributed by atoms with Crippen LogP contribution in [0.1, 0.15) is 32.8 Å². The van der Waals surface area contributed by atoms with E-state index in [0.29, 0.717) is 10.7 Å². The molecule has 2 atom stereocenters. The minimum atomic E-state index is -4.16. The zero-order valence-corrected chi connectivity index (χ0v) is 22.1. The SMILES string of the molecule is CC[C@H](C)NC(=O)[C@@H](C)N(Cc1ccccc1F)C(=O)CN(c1cc([N+](=O)[O-])ccc1OC)S(C)(=O)=O. The van der Waals surface area contributed by atoms with E-state index in [-0.39, 0.29) is 29.6 Å². The lowest BCUT2D eigenvalue weighted by molar-refractivity contribution is -0.384. The quantitative estimate of drug-likeness (QED) is 0.324. The number of nitro groups is 1. The second kappa shape index (κ2) is 12.5. The van der Waals surface area contributed by atoms with Crippen LogP contribution in [0, 0.1) is 15.9 Å². The summed E-state index contributed by atoms with van der Waals surface area (Å²) in [6.07, 6.45) is 1.47. The van der Waals surface area contributed by atoms with Crippen molar-refractivity contribution in [3.8, 4) is 5.75 Å². The number of ether oxygens (including phenoxy) is 1. The van der Waals surface area contributed by atoms with Gasteiger partial charge >= 0.3 is 0 Å². The highest BCUT2D eigenvalue weighted by molar-refractivity contribution is 7.92. The molecule has 202 valence electrons. The van der Waals surface area contributed by atoms with Gasteiger partial charge in [-0.05, 0) is 32.4 Å². The summed E-state index contributed by atoms with van der Waals surface area (Å²) < 4.78 is 45.8. The number of methoxy groups -OCH3 is 1. The van der Waals surface area contributed by atoms with E-state index in [1.807, 2.05) is 6.92 Å². The van der Waals surface area contributed by atoms with Crippen LogP contribution < -0.4 is 14.4 Å². The number of nitro benzene ring substituents is 1. The van der Waals surface area contributed by atoms with E-state index in [2.05, 4.69) is 5.32 Å². The van der Waals surface area contributed by atoms with Crippen molar-refractivity contribution in [2.45, 2.75) is 45.8 Å². The number of nitrogens with one attached hydrogen (secondary N) is 1. The Morgan fingerprint density at radius 2 is 1.84 bits per heavy atom. The standard InChI is InChI=1S/C24H31FN4O7S/c1-6-16(2)26-24(31)17(3)27(14-18-9-7-8-10-20(18)25)23(30)15-28(37(5,34)35)21-13-19(29(32)33)11-12-22(21)36-4/h7-13,16-17H,6,14-15H2,1-5H3,(H,26,31)/t16-,17+/m0/s1. The summed E-state index contributed by atoms with van der Waals surface area (Å²) in [5.41, 5.74) is -0.519. The first-order valence-electron chi connectivity index (χ1n) is 11.4. The fraction of sp³-hybridized carbons (Fsp3) is 0.417. The molecule has 0 aliphatic carbocycles. The Morgan fingerprint density at radius 1 is 1.19 bits per heavy atom. The van der Waals surface area contributed by atoms with Crippen molar-refractivity contribution >= 4 is 33.2 Å². The summed E-state index contributed by atoms with van der Waals surface area (Å²) in [5, 5.41) is 14.1. The lowest BCUT2D eigenvalue weighted by Crippen LogP contribution is -2.52. The molecule has 2 amide bonds. The number of halogens is 1. The number of benzene rings is 2. The smallest absolute Gasteiger partial charge is 0.271 e. The second-order valence-electron chi connectivity index (χ2n) is 8.49. The van der Waals surface area contributed by atoms with Gasteiger partial charge in [-0.3, -0.25) is 24.0 Å². The third kappa shape index (κ3) is 7.62. The maximum Gasteiger partial charge on any atom is 0.271 e. The van der Waals surface area contributed by atoms with E-state index in [0.717, 1.165) is 23.3 Å². The van der Waals surface area contributed by atoms with Gasteiger partial charge in [-0.15, -0.1) is 0 Å². The van der Waals surface area contributed by atoms with Gasteiger partial charge < -0.3 is 15.0 Å². The van der Waals surface area contributed by atoms with Crippen LogP contribution in [0.2, 0.25) is 0 Å². The normalized spacial score (nSPS) is 12.8. The summed E-state index contributed by atoms with van der Waals surface area (Å²) >= 11 is 0. The highest BCUT2D eigenvalue weighted by atomic mass is 32.2. The van der Waals surface area contributed by atoms with Crippen molar-refractivity contribution < 1.29 is 32.1 Å². The summed E-state index contributed by atoms with van der Waals surface area (Å²) in [5.74, 6) is -1.95. The van der Waals surface area contributed by atoms with Gasteiger partial charge in [0.1, 0.15) is 29.8 Å². The number of anilines is 1. The predicted molar refractivity (Wildman–Crippen MR) is 136 cm³/mol. The van der Waals surface area contributed by atoms with E-state index in [4.69, 9.17) is 4.74 Å². The number of carbonyl (C=O) groups is 2. The molecule has 2 aromatic carbocycles. The van der Waals surface area contributed by atoms with Gasteiger partial charge in [0.2, 0.25) is 21.8 Å². The first-order chi connectivity index (χ1) is 17.3. The summed E-state index contributed by atoms with van der Waals surface area (Å²) in [4.78, 5) is 38.1. The molecule has 0 unspecified atom stereocenters.